The minimum absolute atomic E-state index is 0.0907. The molecule has 2 rings (SSSR count). The Morgan fingerprint density at radius 3 is 2.68 bits per heavy atom. The molecule has 0 saturated heterocycles. The van der Waals surface area contributed by atoms with Gasteiger partial charge in [-0.1, -0.05) is 12.1 Å². The maximum atomic E-state index is 12.2. The zero-order chi connectivity index (χ0) is 18.1. The predicted molar refractivity (Wildman–Crippen MR) is 96.8 cm³/mol. The SMILES string of the molecule is COCCOc1cccc(CNC(=O)c2ccc(CNC(C)=O)s2)c1. The molecule has 134 valence electrons. The van der Waals surface area contributed by atoms with Crippen molar-refractivity contribution in [3.63, 3.8) is 0 Å². The summed E-state index contributed by atoms with van der Waals surface area (Å²) in [6, 6.07) is 11.2. The maximum Gasteiger partial charge on any atom is 0.261 e. The quantitative estimate of drug-likeness (QED) is 0.672. The second kappa shape index (κ2) is 9.80. The molecule has 1 aromatic heterocycles. The van der Waals surface area contributed by atoms with Gasteiger partial charge in [-0.3, -0.25) is 9.59 Å². The van der Waals surface area contributed by atoms with Crippen LogP contribution in [-0.2, 0) is 22.6 Å². The van der Waals surface area contributed by atoms with Gasteiger partial charge in [-0.15, -0.1) is 11.3 Å². The van der Waals surface area contributed by atoms with E-state index in [1.807, 2.05) is 30.3 Å². The molecule has 0 bridgehead atoms. The number of thiophene rings is 1. The second-order valence-corrected chi connectivity index (χ2v) is 6.52. The molecule has 0 spiro atoms. The standard InChI is InChI=1S/C18H22N2O4S/c1-13(21)19-12-16-6-7-17(25-16)18(22)20-11-14-4-3-5-15(10-14)24-9-8-23-2/h3-7,10H,8-9,11-12H2,1-2H3,(H,19,21)(H,20,22). The average Bonchev–Trinajstić information content (AvgIpc) is 3.08. The number of nitrogens with one attached hydrogen (secondary N) is 2. The molecule has 7 heteroatoms. The Morgan fingerprint density at radius 1 is 1.08 bits per heavy atom. The lowest BCUT2D eigenvalue weighted by atomic mass is 10.2. The lowest BCUT2D eigenvalue weighted by Crippen LogP contribution is -2.21. The number of rotatable bonds is 9. The van der Waals surface area contributed by atoms with Gasteiger partial charge in [0.05, 0.1) is 18.0 Å². The largest absolute Gasteiger partial charge is 0.491 e. The van der Waals surface area contributed by atoms with Crippen LogP contribution in [0.25, 0.3) is 0 Å². The highest BCUT2D eigenvalue weighted by molar-refractivity contribution is 7.14. The Balaban J connectivity index is 1.85. The highest BCUT2D eigenvalue weighted by atomic mass is 32.1. The Morgan fingerprint density at radius 2 is 1.92 bits per heavy atom. The summed E-state index contributed by atoms with van der Waals surface area (Å²) in [6.45, 7) is 3.33. The fourth-order valence-corrected chi connectivity index (χ4v) is 2.93. The van der Waals surface area contributed by atoms with Gasteiger partial charge >= 0.3 is 0 Å². The summed E-state index contributed by atoms with van der Waals surface area (Å²) in [6.07, 6.45) is 0. The number of amides is 2. The van der Waals surface area contributed by atoms with Crippen molar-refractivity contribution in [2.45, 2.75) is 20.0 Å². The molecule has 2 aromatic rings. The van der Waals surface area contributed by atoms with Crippen LogP contribution in [0.3, 0.4) is 0 Å². The third kappa shape index (κ3) is 6.56. The van der Waals surface area contributed by atoms with Gasteiger partial charge in [-0.05, 0) is 29.8 Å². The third-order valence-corrected chi connectivity index (χ3v) is 4.39. The van der Waals surface area contributed by atoms with Gasteiger partial charge in [0.15, 0.2) is 0 Å². The Kier molecular flexibility index (Phi) is 7.43. The molecule has 1 aromatic carbocycles. The van der Waals surface area contributed by atoms with Crippen LogP contribution in [0.4, 0.5) is 0 Å². The van der Waals surface area contributed by atoms with Gasteiger partial charge in [0.1, 0.15) is 12.4 Å². The molecular weight excluding hydrogens is 340 g/mol. The van der Waals surface area contributed by atoms with Crippen molar-refractivity contribution in [1.29, 1.82) is 0 Å². The van der Waals surface area contributed by atoms with Crippen molar-refractivity contribution in [3.05, 3.63) is 51.7 Å². The molecule has 2 amide bonds. The van der Waals surface area contributed by atoms with Gasteiger partial charge in [-0.25, -0.2) is 0 Å². The minimum Gasteiger partial charge on any atom is -0.491 e. The lowest BCUT2D eigenvalue weighted by Gasteiger charge is -2.08. The van der Waals surface area contributed by atoms with E-state index in [0.717, 1.165) is 16.2 Å². The smallest absolute Gasteiger partial charge is 0.261 e. The van der Waals surface area contributed by atoms with Crippen LogP contribution in [-0.4, -0.2) is 32.1 Å². The number of carbonyl (C=O) groups is 2. The number of hydrogen-bond donors (Lipinski definition) is 2. The first-order valence-electron chi connectivity index (χ1n) is 7.90. The van der Waals surface area contributed by atoms with Crippen LogP contribution >= 0.6 is 11.3 Å². The van der Waals surface area contributed by atoms with Crippen molar-refractivity contribution in [1.82, 2.24) is 10.6 Å². The molecule has 0 aliphatic rings. The van der Waals surface area contributed by atoms with E-state index in [9.17, 15) is 9.59 Å². The average molecular weight is 362 g/mol. The zero-order valence-corrected chi connectivity index (χ0v) is 15.2. The fraction of sp³-hybridized carbons (Fsp3) is 0.333. The van der Waals surface area contributed by atoms with E-state index in [-0.39, 0.29) is 11.8 Å². The number of methoxy groups -OCH3 is 1. The molecule has 0 fully saturated rings. The van der Waals surface area contributed by atoms with E-state index in [4.69, 9.17) is 9.47 Å². The summed E-state index contributed by atoms with van der Waals surface area (Å²) < 4.78 is 10.5. The van der Waals surface area contributed by atoms with Crippen molar-refractivity contribution in [2.24, 2.45) is 0 Å². The predicted octanol–water partition coefficient (Wildman–Crippen LogP) is 2.34. The molecular formula is C18H22N2O4S. The molecule has 0 aliphatic heterocycles. The topological polar surface area (TPSA) is 76.7 Å². The Hall–Kier alpha value is -2.38. The summed E-state index contributed by atoms with van der Waals surface area (Å²) >= 11 is 1.37. The van der Waals surface area contributed by atoms with E-state index in [0.29, 0.717) is 31.2 Å². The number of carbonyl (C=O) groups excluding carboxylic acids is 2. The Labute approximate surface area is 151 Å². The van der Waals surface area contributed by atoms with Crippen molar-refractivity contribution in [3.8, 4) is 5.75 Å². The van der Waals surface area contributed by atoms with E-state index in [1.54, 1.807) is 13.2 Å². The van der Waals surface area contributed by atoms with Crippen LogP contribution in [0, 0.1) is 0 Å². The van der Waals surface area contributed by atoms with Crippen molar-refractivity contribution >= 4 is 23.2 Å². The summed E-state index contributed by atoms with van der Waals surface area (Å²) in [5.41, 5.74) is 0.957. The summed E-state index contributed by atoms with van der Waals surface area (Å²) in [5, 5.41) is 5.61. The molecule has 0 radical (unpaired) electrons. The van der Waals surface area contributed by atoms with Crippen molar-refractivity contribution < 1.29 is 19.1 Å². The first kappa shape index (κ1) is 19.0. The molecule has 2 N–H and O–H groups in total. The Bertz CT molecular complexity index is 715. The zero-order valence-electron chi connectivity index (χ0n) is 14.3. The highest BCUT2D eigenvalue weighted by Crippen LogP contribution is 2.17. The highest BCUT2D eigenvalue weighted by Gasteiger charge is 2.09. The van der Waals surface area contributed by atoms with Gasteiger partial charge in [-0.2, -0.15) is 0 Å². The first-order valence-corrected chi connectivity index (χ1v) is 8.72. The molecule has 1 heterocycles. The van der Waals surface area contributed by atoms with Crippen LogP contribution in [0.5, 0.6) is 5.75 Å². The molecule has 0 saturated carbocycles. The third-order valence-electron chi connectivity index (χ3n) is 3.30. The number of hydrogen-bond acceptors (Lipinski definition) is 5. The van der Waals surface area contributed by atoms with Crippen molar-refractivity contribution in [2.75, 3.05) is 20.3 Å². The maximum absolute atomic E-state index is 12.2. The fourth-order valence-electron chi connectivity index (χ4n) is 2.06. The molecule has 6 nitrogen and oxygen atoms in total. The van der Waals surface area contributed by atoms with Gasteiger partial charge in [0.25, 0.3) is 5.91 Å². The summed E-state index contributed by atoms with van der Waals surface area (Å²) in [4.78, 5) is 24.7. The van der Waals surface area contributed by atoms with Gasteiger partial charge in [0.2, 0.25) is 5.91 Å². The van der Waals surface area contributed by atoms with Gasteiger partial charge < -0.3 is 20.1 Å². The van der Waals surface area contributed by atoms with Crippen LogP contribution in [0.15, 0.2) is 36.4 Å². The van der Waals surface area contributed by atoms with Gasteiger partial charge in [0, 0.05) is 25.5 Å². The second-order valence-electron chi connectivity index (χ2n) is 5.35. The molecule has 0 unspecified atom stereocenters. The summed E-state index contributed by atoms with van der Waals surface area (Å²) in [7, 11) is 1.63. The molecule has 0 atom stereocenters. The van der Waals surface area contributed by atoms with E-state index < -0.39 is 0 Å². The van der Waals surface area contributed by atoms with Crippen LogP contribution in [0.1, 0.15) is 27.0 Å². The number of benzene rings is 1. The van der Waals surface area contributed by atoms with E-state index in [1.165, 1.54) is 18.3 Å². The van der Waals surface area contributed by atoms with Crippen LogP contribution in [0.2, 0.25) is 0 Å². The van der Waals surface area contributed by atoms with E-state index >= 15 is 0 Å². The lowest BCUT2D eigenvalue weighted by molar-refractivity contribution is -0.119. The first-order chi connectivity index (χ1) is 12.1. The monoisotopic (exact) mass is 362 g/mol. The normalized spacial score (nSPS) is 10.3. The number of ether oxygens (including phenoxy) is 2. The van der Waals surface area contributed by atoms with Crippen LogP contribution < -0.4 is 15.4 Å². The minimum atomic E-state index is -0.134. The molecule has 0 aliphatic carbocycles. The molecule has 25 heavy (non-hydrogen) atoms. The van der Waals surface area contributed by atoms with E-state index in [2.05, 4.69) is 10.6 Å². The summed E-state index contributed by atoms with van der Waals surface area (Å²) in [5.74, 6) is 0.522.